The second-order valence-corrected chi connectivity index (χ2v) is 6.87. The maximum atomic E-state index is 12.4. The fraction of sp³-hybridized carbons (Fsp3) is 0.227. The number of nitrogens with zero attached hydrogens (tertiary/aromatic N) is 1. The number of nitrogens with one attached hydrogen (secondary N) is 1. The lowest BCUT2D eigenvalue weighted by atomic mass is 10.1. The van der Waals surface area contributed by atoms with Crippen LogP contribution >= 0.6 is 0 Å². The molecule has 144 valence electrons. The zero-order chi connectivity index (χ0) is 20.4. The molecule has 0 atom stereocenters. The molecule has 2 amide bonds. The summed E-state index contributed by atoms with van der Waals surface area (Å²) in [6.07, 6.45) is 0. The number of amides is 2. The first-order valence-corrected chi connectivity index (χ1v) is 8.91. The van der Waals surface area contributed by atoms with E-state index in [9.17, 15) is 14.4 Å². The highest BCUT2D eigenvalue weighted by Gasteiger charge is 2.32. The lowest BCUT2D eigenvalue weighted by Gasteiger charge is -2.16. The van der Waals surface area contributed by atoms with Gasteiger partial charge in [0.2, 0.25) is 0 Å². The van der Waals surface area contributed by atoms with Crippen molar-refractivity contribution in [2.75, 3.05) is 18.5 Å². The molecular weight excluding hydrogens is 356 g/mol. The van der Waals surface area contributed by atoms with Gasteiger partial charge in [-0.1, -0.05) is 42.5 Å². The Hall–Kier alpha value is -3.41. The zero-order valence-corrected chi connectivity index (χ0v) is 16.2. The molecule has 2 aromatic carbocycles. The van der Waals surface area contributed by atoms with Gasteiger partial charge in [0.05, 0.1) is 0 Å². The number of aryl methyl sites for hydroxylation is 3. The number of ether oxygens (including phenoxy) is 1. The van der Waals surface area contributed by atoms with E-state index in [2.05, 4.69) is 11.9 Å². The fourth-order valence-electron chi connectivity index (χ4n) is 3.38. The topological polar surface area (TPSA) is 75.7 Å². The molecule has 0 aromatic heterocycles. The molecule has 6 nitrogen and oxygen atoms in total. The largest absolute Gasteiger partial charge is 0.454 e. The smallest absolute Gasteiger partial charge is 0.326 e. The van der Waals surface area contributed by atoms with E-state index in [0.29, 0.717) is 22.5 Å². The van der Waals surface area contributed by atoms with E-state index in [1.165, 1.54) is 4.90 Å². The van der Waals surface area contributed by atoms with Gasteiger partial charge < -0.3 is 10.1 Å². The first-order chi connectivity index (χ1) is 13.3. The molecule has 0 spiro atoms. The highest BCUT2D eigenvalue weighted by Crippen LogP contribution is 2.30. The standard InChI is InChI=1S/C22H22N2O4/c1-13-9-14(2)21(15(3)10-13)23-19(25)12-28-20(26)11-24-16(4)17-7-5-6-8-18(17)22(24)27/h5-10H,4,11-12H2,1-3H3,(H,23,25). The van der Waals surface area contributed by atoms with Gasteiger partial charge in [0.25, 0.3) is 11.8 Å². The van der Waals surface area contributed by atoms with Crippen LogP contribution in [0.1, 0.15) is 32.6 Å². The van der Waals surface area contributed by atoms with Gasteiger partial charge in [-0.05, 0) is 38.0 Å². The number of fused-ring (bicyclic) bond motifs is 1. The maximum Gasteiger partial charge on any atom is 0.326 e. The Morgan fingerprint density at radius 3 is 2.29 bits per heavy atom. The second kappa shape index (κ2) is 7.68. The van der Waals surface area contributed by atoms with E-state index < -0.39 is 18.5 Å². The van der Waals surface area contributed by atoms with Crippen LogP contribution in [0.4, 0.5) is 5.69 Å². The molecule has 6 heteroatoms. The second-order valence-electron chi connectivity index (χ2n) is 6.87. The highest BCUT2D eigenvalue weighted by molar-refractivity contribution is 6.10. The van der Waals surface area contributed by atoms with Crippen molar-refractivity contribution in [3.63, 3.8) is 0 Å². The molecule has 0 bridgehead atoms. The third-order valence-corrected chi connectivity index (χ3v) is 4.63. The molecule has 1 aliphatic heterocycles. The summed E-state index contributed by atoms with van der Waals surface area (Å²) < 4.78 is 5.05. The van der Waals surface area contributed by atoms with Gasteiger partial charge in [-0.2, -0.15) is 0 Å². The Labute approximate surface area is 163 Å². The van der Waals surface area contributed by atoms with E-state index in [-0.39, 0.29) is 12.5 Å². The number of benzene rings is 2. The average molecular weight is 378 g/mol. The predicted octanol–water partition coefficient (Wildman–Crippen LogP) is 3.22. The first kappa shape index (κ1) is 19.4. The molecule has 0 unspecified atom stereocenters. The third-order valence-electron chi connectivity index (χ3n) is 4.63. The summed E-state index contributed by atoms with van der Waals surface area (Å²) in [6.45, 7) is 8.96. The number of carbonyl (C=O) groups excluding carboxylic acids is 3. The molecule has 0 saturated heterocycles. The van der Waals surface area contributed by atoms with Crippen LogP contribution in [0, 0.1) is 20.8 Å². The Bertz CT molecular complexity index is 936. The van der Waals surface area contributed by atoms with E-state index in [1.54, 1.807) is 24.3 Å². The number of hydrogen-bond acceptors (Lipinski definition) is 4. The molecule has 0 aliphatic carbocycles. The maximum absolute atomic E-state index is 12.4. The first-order valence-electron chi connectivity index (χ1n) is 8.91. The van der Waals surface area contributed by atoms with E-state index in [0.717, 1.165) is 16.7 Å². The van der Waals surface area contributed by atoms with Crippen molar-refractivity contribution in [2.24, 2.45) is 0 Å². The van der Waals surface area contributed by atoms with Crippen LogP contribution in [0.2, 0.25) is 0 Å². The Morgan fingerprint density at radius 1 is 1.07 bits per heavy atom. The van der Waals surface area contributed by atoms with Gasteiger partial charge in [-0.25, -0.2) is 0 Å². The highest BCUT2D eigenvalue weighted by atomic mass is 16.5. The van der Waals surface area contributed by atoms with Gasteiger partial charge >= 0.3 is 5.97 Å². The molecule has 1 aliphatic rings. The van der Waals surface area contributed by atoms with E-state index in [4.69, 9.17) is 4.74 Å². The number of hydrogen-bond donors (Lipinski definition) is 1. The Balaban J connectivity index is 1.56. The van der Waals surface area contributed by atoms with Crippen molar-refractivity contribution in [3.8, 4) is 0 Å². The Kier molecular flexibility index (Phi) is 5.31. The quantitative estimate of drug-likeness (QED) is 0.811. The lowest BCUT2D eigenvalue weighted by molar-refractivity contribution is -0.147. The molecule has 1 N–H and O–H groups in total. The van der Waals surface area contributed by atoms with Gasteiger partial charge in [0.15, 0.2) is 6.61 Å². The normalized spacial score (nSPS) is 12.8. The van der Waals surface area contributed by atoms with Crippen molar-refractivity contribution >= 4 is 29.2 Å². The molecule has 1 heterocycles. The SMILES string of the molecule is C=C1c2ccccc2C(=O)N1CC(=O)OCC(=O)Nc1c(C)cc(C)cc1C. The van der Waals surface area contributed by atoms with Crippen LogP contribution in [0.15, 0.2) is 43.0 Å². The summed E-state index contributed by atoms with van der Waals surface area (Å²) >= 11 is 0. The fourth-order valence-corrected chi connectivity index (χ4v) is 3.38. The van der Waals surface area contributed by atoms with Gasteiger partial charge in [0, 0.05) is 22.5 Å². The predicted molar refractivity (Wildman–Crippen MR) is 107 cm³/mol. The van der Waals surface area contributed by atoms with E-state index in [1.807, 2.05) is 32.9 Å². The number of carbonyl (C=O) groups is 3. The van der Waals surface area contributed by atoms with Gasteiger partial charge in [0.1, 0.15) is 6.54 Å². The molecular formula is C22H22N2O4. The number of anilines is 1. The summed E-state index contributed by atoms with van der Waals surface area (Å²) in [4.78, 5) is 38.0. The lowest BCUT2D eigenvalue weighted by Crippen LogP contribution is -2.32. The van der Waals surface area contributed by atoms with Crippen molar-refractivity contribution in [1.82, 2.24) is 4.90 Å². The van der Waals surface area contributed by atoms with Crippen LogP contribution < -0.4 is 5.32 Å². The molecule has 3 rings (SSSR count). The van der Waals surface area contributed by atoms with Crippen LogP contribution in [-0.4, -0.2) is 35.8 Å². The van der Waals surface area contributed by atoms with E-state index >= 15 is 0 Å². The molecule has 0 fully saturated rings. The van der Waals surface area contributed by atoms with Gasteiger partial charge in [-0.15, -0.1) is 0 Å². The van der Waals surface area contributed by atoms with Crippen LogP contribution in [-0.2, 0) is 14.3 Å². The molecule has 0 radical (unpaired) electrons. The monoisotopic (exact) mass is 378 g/mol. The molecule has 28 heavy (non-hydrogen) atoms. The summed E-state index contributed by atoms with van der Waals surface area (Å²) in [5.41, 5.74) is 5.35. The average Bonchev–Trinajstić information content (AvgIpc) is 2.88. The Morgan fingerprint density at radius 2 is 1.68 bits per heavy atom. The van der Waals surface area contributed by atoms with Crippen molar-refractivity contribution < 1.29 is 19.1 Å². The number of rotatable bonds is 5. The van der Waals surface area contributed by atoms with Crippen molar-refractivity contribution in [3.05, 3.63) is 70.8 Å². The molecule has 0 saturated carbocycles. The van der Waals surface area contributed by atoms with Gasteiger partial charge in [-0.3, -0.25) is 19.3 Å². The minimum atomic E-state index is -0.671. The summed E-state index contributed by atoms with van der Waals surface area (Å²) in [7, 11) is 0. The van der Waals surface area contributed by atoms with Crippen LogP contribution in [0.25, 0.3) is 5.70 Å². The number of esters is 1. The zero-order valence-electron chi connectivity index (χ0n) is 16.2. The van der Waals surface area contributed by atoms with Crippen LogP contribution in [0.5, 0.6) is 0 Å². The minimum absolute atomic E-state index is 0.289. The van der Waals surface area contributed by atoms with Crippen molar-refractivity contribution in [1.29, 1.82) is 0 Å². The third kappa shape index (κ3) is 3.81. The van der Waals surface area contributed by atoms with Crippen molar-refractivity contribution in [2.45, 2.75) is 20.8 Å². The molecule has 2 aromatic rings. The van der Waals surface area contributed by atoms with Crippen LogP contribution in [0.3, 0.4) is 0 Å². The summed E-state index contributed by atoms with van der Waals surface area (Å²) in [6, 6.07) is 11.0. The summed E-state index contributed by atoms with van der Waals surface area (Å²) in [5, 5.41) is 2.77. The minimum Gasteiger partial charge on any atom is -0.454 e. The summed E-state index contributed by atoms with van der Waals surface area (Å²) in [5.74, 6) is -1.40.